The summed E-state index contributed by atoms with van der Waals surface area (Å²) in [7, 11) is 4.62. The van der Waals surface area contributed by atoms with Gasteiger partial charge in [0.1, 0.15) is 0 Å². The van der Waals surface area contributed by atoms with E-state index in [9.17, 15) is 9.59 Å². The normalized spacial score (nSPS) is 11.6. The first-order chi connectivity index (χ1) is 19.9. The second-order valence-corrected chi connectivity index (χ2v) is 9.34. The molecule has 3 N–H and O–H groups in total. The van der Waals surface area contributed by atoms with E-state index < -0.39 is 0 Å². The molecule has 1 unspecified atom stereocenters. The van der Waals surface area contributed by atoms with Crippen molar-refractivity contribution in [2.45, 2.75) is 18.9 Å². The van der Waals surface area contributed by atoms with Crippen LogP contribution in [0.2, 0.25) is 0 Å². The number of benzene rings is 3. The number of anilines is 1. The van der Waals surface area contributed by atoms with E-state index in [4.69, 9.17) is 19.9 Å². The minimum atomic E-state index is -0.325. The van der Waals surface area contributed by atoms with E-state index in [1.807, 2.05) is 42.5 Å². The molecule has 0 radical (unpaired) electrons. The highest BCUT2D eigenvalue weighted by Gasteiger charge is 2.17. The first-order valence-electron chi connectivity index (χ1n) is 13.1. The highest BCUT2D eigenvalue weighted by atomic mass is 16.5. The van der Waals surface area contributed by atoms with Gasteiger partial charge in [-0.3, -0.25) is 14.6 Å². The fraction of sp³-hybridized carbons (Fsp3) is 0.182. The van der Waals surface area contributed by atoms with Gasteiger partial charge in [0.2, 0.25) is 11.7 Å². The molecule has 0 aliphatic carbocycles. The Morgan fingerprint density at radius 1 is 0.927 bits per heavy atom. The van der Waals surface area contributed by atoms with E-state index >= 15 is 0 Å². The molecule has 4 aromatic rings. The summed E-state index contributed by atoms with van der Waals surface area (Å²) in [5.41, 5.74) is 10.4. The van der Waals surface area contributed by atoms with E-state index in [0.717, 1.165) is 16.7 Å². The molecule has 210 valence electrons. The summed E-state index contributed by atoms with van der Waals surface area (Å²) in [6, 6.07) is 22.2. The van der Waals surface area contributed by atoms with Gasteiger partial charge in [0.05, 0.1) is 39.3 Å². The van der Waals surface area contributed by atoms with Crippen LogP contribution in [0.3, 0.4) is 0 Å². The van der Waals surface area contributed by atoms with Gasteiger partial charge < -0.3 is 25.3 Å². The van der Waals surface area contributed by atoms with Gasteiger partial charge in [0.25, 0.3) is 0 Å². The summed E-state index contributed by atoms with van der Waals surface area (Å²) < 4.78 is 16.2. The third-order valence-electron chi connectivity index (χ3n) is 6.65. The maximum atomic E-state index is 13.1. The van der Waals surface area contributed by atoms with Gasteiger partial charge in [0, 0.05) is 24.3 Å². The quantitative estimate of drug-likeness (QED) is 0.183. The van der Waals surface area contributed by atoms with Crippen LogP contribution in [-0.4, -0.2) is 38.0 Å². The van der Waals surface area contributed by atoms with Crippen molar-refractivity contribution in [1.29, 1.82) is 0 Å². The van der Waals surface area contributed by atoms with Crippen molar-refractivity contribution < 1.29 is 23.8 Å². The summed E-state index contributed by atoms with van der Waals surface area (Å²) in [5.74, 6) is 1.15. The number of aromatic nitrogens is 1. The second-order valence-electron chi connectivity index (χ2n) is 9.34. The second kappa shape index (κ2) is 13.8. The molecule has 0 saturated heterocycles. The van der Waals surface area contributed by atoms with Crippen molar-refractivity contribution in [3.63, 3.8) is 0 Å². The Balaban J connectivity index is 1.53. The number of nitrogen functional groups attached to an aromatic ring is 1. The van der Waals surface area contributed by atoms with E-state index in [1.165, 1.54) is 13.2 Å². The van der Waals surface area contributed by atoms with Crippen LogP contribution in [0.4, 0.5) is 5.69 Å². The molecule has 0 aliphatic heterocycles. The monoisotopic (exact) mass is 551 g/mol. The molecule has 0 fully saturated rings. The summed E-state index contributed by atoms with van der Waals surface area (Å²) in [5, 5.41) is 3.11. The molecule has 0 aliphatic rings. The summed E-state index contributed by atoms with van der Waals surface area (Å²) in [6.45, 7) is 0. The molecule has 8 nitrogen and oxygen atoms in total. The topological polar surface area (TPSA) is 113 Å². The number of nitrogens with two attached hydrogens (primary N) is 1. The maximum absolute atomic E-state index is 13.1. The van der Waals surface area contributed by atoms with Crippen LogP contribution < -0.4 is 25.3 Å². The van der Waals surface area contributed by atoms with E-state index in [1.54, 1.807) is 63.0 Å². The molecule has 1 amide bonds. The zero-order chi connectivity index (χ0) is 29.2. The SMILES string of the molecule is COc1cc(/C=C/C(=O)NC(Cc2ccccc2)c2ccc(C(=O)Cc3ccncc3N)cc2)cc(OC)c1OC. The molecule has 1 atom stereocenters. The molecule has 1 heterocycles. The fourth-order valence-corrected chi connectivity index (χ4v) is 4.46. The number of rotatable bonds is 12. The number of Topliss-reactive ketones (excluding diaryl/α,β-unsaturated/α-hetero) is 1. The lowest BCUT2D eigenvalue weighted by Gasteiger charge is -2.19. The molecule has 8 heteroatoms. The maximum Gasteiger partial charge on any atom is 0.244 e. The Bertz CT molecular complexity index is 1490. The van der Waals surface area contributed by atoms with Crippen molar-refractivity contribution >= 4 is 23.5 Å². The van der Waals surface area contributed by atoms with Crippen molar-refractivity contribution in [3.8, 4) is 17.2 Å². The minimum Gasteiger partial charge on any atom is -0.493 e. The largest absolute Gasteiger partial charge is 0.493 e. The van der Waals surface area contributed by atoms with E-state index in [2.05, 4.69) is 10.3 Å². The zero-order valence-corrected chi connectivity index (χ0v) is 23.3. The number of pyridine rings is 1. The van der Waals surface area contributed by atoms with Gasteiger partial charge in [-0.15, -0.1) is 0 Å². The molecule has 0 spiro atoms. The Kier molecular flexibility index (Phi) is 9.72. The number of ketones is 1. The number of nitrogens with one attached hydrogen (secondary N) is 1. The standard InChI is InChI=1S/C33H33N3O5/c1-39-30-18-23(19-31(40-2)33(30)41-3)9-14-32(38)36-28(17-22-7-5-4-6-8-22)24-10-12-25(13-11-24)29(37)20-26-15-16-35-21-27(26)34/h4-16,18-19,21,28H,17,20,34H2,1-3H3,(H,36,38)/b14-9+. The smallest absolute Gasteiger partial charge is 0.244 e. The predicted octanol–water partition coefficient (Wildman–Crippen LogP) is 5.23. The van der Waals surface area contributed by atoms with Crippen molar-refractivity contribution in [3.05, 3.63) is 119 Å². The lowest BCUT2D eigenvalue weighted by Crippen LogP contribution is -2.28. The van der Waals surface area contributed by atoms with Crippen molar-refractivity contribution in [2.75, 3.05) is 27.1 Å². The van der Waals surface area contributed by atoms with Gasteiger partial charge in [-0.05, 0) is 52.9 Å². The van der Waals surface area contributed by atoms with Crippen LogP contribution in [-0.2, 0) is 17.6 Å². The molecule has 0 saturated carbocycles. The van der Waals surface area contributed by atoms with Crippen LogP contribution in [0.15, 0.2) is 91.3 Å². The number of amides is 1. The lowest BCUT2D eigenvalue weighted by atomic mass is 9.96. The predicted molar refractivity (Wildman–Crippen MR) is 159 cm³/mol. The fourth-order valence-electron chi connectivity index (χ4n) is 4.46. The summed E-state index contributed by atoms with van der Waals surface area (Å²) >= 11 is 0. The van der Waals surface area contributed by atoms with Gasteiger partial charge in [-0.1, -0.05) is 54.6 Å². The number of hydrogen-bond donors (Lipinski definition) is 2. The number of methoxy groups -OCH3 is 3. The molecule has 4 rings (SSSR count). The Hall–Kier alpha value is -5.11. The molecule has 41 heavy (non-hydrogen) atoms. The first-order valence-corrected chi connectivity index (χ1v) is 13.1. The molecular weight excluding hydrogens is 518 g/mol. The molecule has 1 aromatic heterocycles. The van der Waals surface area contributed by atoms with Gasteiger partial charge in [-0.25, -0.2) is 0 Å². The highest BCUT2D eigenvalue weighted by molar-refractivity contribution is 5.98. The Morgan fingerprint density at radius 2 is 1.61 bits per heavy atom. The van der Waals surface area contributed by atoms with Crippen LogP contribution in [0.5, 0.6) is 17.2 Å². The lowest BCUT2D eigenvalue weighted by molar-refractivity contribution is -0.117. The van der Waals surface area contributed by atoms with E-state index in [0.29, 0.717) is 40.5 Å². The average Bonchev–Trinajstić information content (AvgIpc) is 3.00. The van der Waals surface area contributed by atoms with Crippen LogP contribution in [0.1, 0.15) is 38.7 Å². The third-order valence-corrected chi connectivity index (χ3v) is 6.65. The highest BCUT2D eigenvalue weighted by Crippen LogP contribution is 2.38. The zero-order valence-electron chi connectivity index (χ0n) is 23.3. The first kappa shape index (κ1) is 28.9. The van der Waals surface area contributed by atoms with Crippen LogP contribution in [0, 0.1) is 0 Å². The van der Waals surface area contributed by atoms with Crippen molar-refractivity contribution in [1.82, 2.24) is 10.3 Å². The van der Waals surface area contributed by atoms with E-state index in [-0.39, 0.29) is 24.2 Å². The van der Waals surface area contributed by atoms with Crippen LogP contribution in [0.25, 0.3) is 6.08 Å². The minimum absolute atomic E-state index is 0.0497. The third kappa shape index (κ3) is 7.51. The number of ether oxygens (including phenoxy) is 3. The number of nitrogens with zero attached hydrogens (tertiary/aromatic N) is 1. The molecule has 0 bridgehead atoms. The number of carbonyl (C=O) groups excluding carboxylic acids is 2. The molecule has 3 aromatic carbocycles. The molecular formula is C33H33N3O5. The number of carbonyl (C=O) groups is 2. The van der Waals surface area contributed by atoms with Gasteiger partial charge in [0.15, 0.2) is 17.3 Å². The Morgan fingerprint density at radius 3 is 2.22 bits per heavy atom. The average molecular weight is 552 g/mol. The summed E-state index contributed by atoms with van der Waals surface area (Å²) in [6.07, 6.45) is 7.07. The van der Waals surface area contributed by atoms with Crippen LogP contribution >= 0.6 is 0 Å². The van der Waals surface area contributed by atoms with Crippen molar-refractivity contribution in [2.24, 2.45) is 0 Å². The van der Waals surface area contributed by atoms with Gasteiger partial charge >= 0.3 is 0 Å². The van der Waals surface area contributed by atoms with Gasteiger partial charge in [-0.2, -0.15) is 0 Å². The Labute approximate surface area is 239 Å². The number of hydrogen-bond acceptors (Lipinski definition) is 7. The summed E-state index contributed by atoms with van der Waals surface area (Å²) in [4.78, 5) is 29.9.